The first kappa shape index (κ1) is 18.5. The first-order chi connectivity index (χ1) is 10.6. The second kappa shape index (κ2) is 8.29. The van der Waals surface area contributed by atoms with E-state index >= 15 is 0 Å². The molecule has 7 heteroatoms. The van der Waals surface area contributed by atoms with Crippen LogP contribution in [0.4, 0.5) is 5.69 Å². The SMILES string of the molecule is Cl.O=[N+]([O-])c1ccc(CN2CCC(NCC3CC3)CC2)cc1Cl. The van der Waals surface area contributed by atoms with E-state index in [1.807, 2.05) is 0 Å². The van der Waals surface area contributed by atoms with Gasteiger partial charge in [0.2, 0.25) is 0 Å². The largest absolute Gasteiger partial charge is 0.314 e. The molecule has 1 N–H and O–H groups in total. The van der Waals surface area contributed by atoms with Crippen LogP contribution in [-0.4, -0.2) is 35.5 Å². The van der Waals surface area contributed by atoms with Crippen LogP contribution in [0.25, 0.3) is 0 Å². The van der Waals surface area contributed by atoms with Crippen molar-refractivity contribution in [2.75, 3.05) is 19.6 Å². The summed E-state index contributed by atoms with van der Waals surface area (Å²) in [6.07, 6.45) is 5.14. The topological polar surface area (TPSA) is 58.4 Å². The zero-order valence-corrected chi connectivity index (χ0v) is 14.6. The van der Waals surface area contributed by atoms with Gasteiger partial charge in [0.15, 0.2) is 0 Å². The molecule has 0 amide bonds. The Kier molecular flexibility index (Phi) is 6.65. The summed E-state index contributed by atoms with van der Waals surface area (Å²) < 4.78 is 0. The number of nitro groups is 1. The van der Waals surface area contributed by atoms with Gasteiger partial charge in [0, 0.05) is 18.7 Å². The lowest BCUT2D eigenvalue weighted by Crippen LogP contribution is -2.42. The van der Waals surface area contributed by atoms with E-state index in [0.29, 0.717) is 6.04 Å². The first-order valence-electron chi connectivity index (χ1n) is 8.00. The first-order valence-corrected chi connectivity index (χ1v) is 8.38. The molecule has 1 saturated carbocycles. The molecule has 0 bridgehead atoms. The van der Waals surface area contributed by atoms with Gasteiger partial charge in [-0.25, -0.2) is 0 Å². The normalized spacial score (nSPS) is 19.3. The third-order valence-corrected chi connectivity index (χ3v) is 4.90. The number of rotatable bonds is 6. The Morgan fingerprint density at radius 2 is 1.96 bits per heavy atom. The average Bonchev–Trinajstić information content (AvgIpc) is 3.30. The lowest BCUT2D eigenvalue weighted by atomic mass is 10.0. The van der Waals surface area contributed by atoms with E-state index in [0.717, 1.165) is 31.1 Å². The number of piperidine rings is 1. The summed E-state index contributed by atoms with van der Waals surface area (Å²) in [6, 6.07) is 5.68. The Labute approximate surface area is 147 Å². The van der Waals surface area contributed by atoms with Crippen molar-refractivity contribution in [1.29, 1.82) is 0 Å². The number of halogens is 2. The van der Waals surface area contributed by atoms with Crippen LogP contribution < -0.4 is 5.32 Å². The van der Waals surface area contributed by atoms with E-state index in [-0.39, 0.29) is 23.1 Å². The van der Waals surface area contributed by atoms with Gasteiger partial charge >= 0.3 is 0 Å². The molecule has 2 aliphatic rings. The van der Waals surface area contributed by atoms with Gasteiger partial charge in [-0.2, -0.15) is 0 Å². The second-order valence-corrected chi connectivity index (χ2v) is 6.85. The van der Waals surface area contributed by atoms with Gasteiger partial charge in [-0.3, -0.25) is 15.0 Å². The maximum atomic E-state index is 10.8. The molecular formula is C16H23Cl2N3O2. The highest BCUT2D eigenvalue weighted by Crippen LogP contribution is 2.28. The maximum Gasteiger partial charge on any atom is 0.287 e. The highest BCUT2D eigenvalue weighted by molar-refractivity contribution is 6.32. The summed E-state index contributed by atoms with van der Waals surface area (Å²) in [4.78, 5) is 12.7. The summed E-state index contributed by atoms with van der Waals surface area (Å²) in [5, 5.41) is 14.7. The molecule has 23 heavy (non-hydrogen) atoms. The van der Waals surface area contributed by atoms with Crippen molar-refractivity contribution in [1.82, 2.24) is 10.2 Å². The highest BCUT2D eigenvalue weighted by Gasteiger charge is 2.24. The van der Waals surface area contributed by atoms with E-state index in [9.17, 15) is 10.1 Å². The number of hydrogen-bond donors (Lipinski definition) is 1. The molecular weight excluding hydrogens is 337 g/mol. The average molecular weight is 360 g/mol. The smallest absolute Gasteiger partial charge is 0.287 e. The van der Waals surface area contributed by atoms with Gasteiger partial charge in [-0.1, -0.05) is 17.7 Å². The van der Waals surface area contributed by atoms with Gasteiger partial charge in [0.25, 0.3) is 5.69 Å². The summed E-state index contributed by atoms with van der Waals surface area (Å²) in [5.41, 5.74) is 1.02. The number of hydrogen-bond acceptors (Lipinski definition) is 4. The summed E-state index contributed by atoms with van der Waals surface area (Å²) in [5.74, 6) is 0.931. The predicted octanol–water partition coefficient (Wildman–Crippen LogP) is 3.63. The number of benzene rings is 1. The van der Waals surface area contributed by atoms with E-state index in [4.69, 9.17) is 11.6 Å². The Hall–Kier alpha value is -0.880. The standard InChI is InChI=1S/C16H22ClN3O2.ClH/c17-15-9-13(3-4-16(15)20(21)22)11-19-7-5-14(6-8-19)18-10-12-1-2-12;/h3-4,9,12,14,18H,1-2,5-8,10-11H2;1H. The van der Waals surface area contributed by atoms with Crippen molar-refractivity contribution < 1.29 is 4.92 Å². The Morgan fingerprint density at radius 1 is 1.26 bits per heavy atom. The molecule has 1 saturated heterocycles. The molecule has 1 aliphatic carbocycles. The lowest BCUT2D eigenvalue weighted by Gasteiger charge is -2.32. The zero-order valence-electron chi connectivity index (χ0n) is 13.0. The van der Waals surface area contributed by atoms with Crippen LogP contribution in [0.5, 0.6) is 0 Å². The number of nitrogens with zero attached hydrogens (tertiary/aromatic N) is 2. The van der Waals surface area contributed by atoms with E-state index < -0.39 is 4.92 Å². The van der Waals surface area contributed by atoms with Crippen LogP contribution in [0, 0.1) is 16.0 Å². The number of nitro benzene ring substituents is 1. The molecule has 0 unspecified atom stereocenters. The minimum atomic E-state index is -0.441. The van der Waals surface area contributed by atoms with Crippen LogP contribution in [-0.2, 0) is 6.54 Å². The predicted molar refractivity (Wildman–Crippen MR) is 94.4 cm³/mol. The van der Waals surface area contributed by atoms with Gasteiger partial charge < -0.3 is 5.32 Å². The Morgan fingerprint density at radius 3 is 2.52 bits per heavy atom. The van der Waals surface area contributed by atoms with Crippen LogP contribution in [0.1, 0.15) is 31.2 Å². The van der Waals surface area contributed by atoms with Crippen molar-refractivity contribution in [3.8, 4) is 0 Å². The van der Waals surface area contributed by atoms with Crippen molar-refractivity contribution in [2.45, 2.75) is 38.3 Å². The fourth-order valence-electron chi connectivity index (χ4n) is 3.01. The number of nitrogens with one attached hydrogen (secondary N) is 1. The molecule has 0 aromatic heterocycles. The van der Waals surface area contributed by atoms with Gasteiger partial charge in [-0.05, 0) is 62.9 Å². The zero-order chi connectivity index (χ0) is 15.5. The van der Waals surface area contributed by atoms with Crippen molar-refractivity contribution in [2.24, 2.45) is 5.92 Å². The monoisotopic (exact) mass is 359 g/mol. The van der Waals surface area contributed by atoms with Gasteiger partial charge in [0.1, 0.15) is 5.02 Å². The molecule has 1 aromatic carbocycles. The maximum absolute atomic E-state index is 10.8. The molecule has 0 radical (unpaired) electrons. The third kappa shape index (κ3) is 5.31. The third-order valence-electron chi connectivity index (χ3n) is 4.59. The highest BCUT2D eigenvalue weighted by atomic mass is 35.5. The lowest BCUT2D eigenvalue weighted by molar-refractivity contribution is -0.384. The van der Waals surface area contributed by atoms with E-state index in [2.05, 4.69) is 10.2 Å². The van der Waals surface area contributed by atoms with Crippen LogP contribution in [0.2, 0.25) is 5.02 Å². The van der Waals surface area contributed by atoms with Crippen molar-refractivity contribution in [3.05, 3.63) is 38.9 Å². The fraction of sp³-hybridized carbons (Fsp3) is 0.625. The summed E-state index contributed by atoms with van der Waals surface area (Å²) >= 11 is 5.97. The molecule has 1 heterocycles. The van der Waals surface area contributed by atoms with Crippen LogP contribution >= 0.6 is 24.0 Å². The van der Waals surface area contributed by atoms with E-state index in [1.54, 1.807) is 12.1 Å². The van der Waals surface area contributed by atoms with E-state index in [1.165, 1.54) is 38.3 Å². The molecule has 0 atom stereocenters. The molecule has 5 nitrogen and oxygen atoms in total. The molecule has 1 aliphatic heterocycles. The molecule has 2 fully saturated rings. The van der Waals surface area contributed by atoms with Crippen LogP contribution in [0.3, 0.4) is 0 Å². The van der Waals surface area contributed by atoms with Gasteiger partial charge in [-0.15, -0.1) is 12.4 Å². The number of likely N-dealkylation sites (tertiary alicyclic amines) is 1. The quantitative estimate of drug-likeness (QED) is 0.622. The van der Waals surface area contributed by atoms with Crippen molar-refractivity contribution in [3.63, 3.8) is 0 Å². The molecule has 1 aromatic rings. The van der Waals surface area contributed by atoms with Crippen LogP contribution in [0.15, 0.2) is 18.2 Å². The van der Waals surface area contributed by atoms with Crippen molar-refractivity contribution >= 4 is 29.7 Å². The summed E-state index contributed by atoms with van der Waals surface area (Å²) in [6.45, 7) is 4.13. The molecule has 3 rings (SSSR count). The molecule has 0 spiro atoms. The Balaban J connectivity index is 0.00000192. The molecule has 128 valence electrons. The summed E-state index contributed by atoms with van der Waals surface area (Å²) in [7, 11) is 0. The minimum absolute atomic E-state index is 0. The fourth-order valence-corrected chi connectivity index (χ4v) is 3.28. The Bertz CT molecular complexity index is 544. The second-order valence-electron chi connectivity index (χ2n) is 6.44. The minimum Gasteiger partial charge on any atom is -0.314 e. The van der Waals surface area contributed by atoms with Gasteiger partial charge in [0.05, 0.1) is 4.92 Å².